The van der Waals surface area contributed by atoms with E-state index in [1.54, 1.807) is 0 Å². The second-order valence-electron chi connectivity index (χ2n) is 8.66. The van der Waals surface area contributed by atoms with Gasteiger partial charge < -0.3 is 8.85 Å². The van der Waals surface area contributed by atoms with Crippen LogP contribution in [0.1, 0.15) is 84.0 Å². The highest BCUT2D eigenvalue weighted by Crippen LogP contribution is 2.14. The van der Waals surface area contributed by atoms with E-state index >= 15 is 0 Å². The SMILES string of the molecule is C=CCCCO[Si](OCCCCCCCCCCCC)(c1ccccc1)c1ccccc1. The van der Waals surface area contributed by atoms with Crippen LogP contribution in [0.3, 0.4) is 0 Å². The van der Waals surface area contributed by atoms with Crippen LogP contribution in [-0.4, -0.2) is 21.8 Å². The summed E-state index contributed by atoms with van der Waals surface area (Å²) in [7, 11) is -2.73. The van der Waals surface area contributed by atoms with Crippen molar-refractivity contribution in [1.82, 2.24) is 0 Å². The zero-order valence-electron chi connectivity index (χ0n) is 20.3. The molecule has 0 heterocycles. The third-order valence-corrected chi connectivity index (χ3v) is 9.38. The topological polar surface area (TPSA) is 18.5 Å². The van der Waals surface area contributed by atoms with Crippen molar-refractivity contribution in [2.45, 2.75) is 84.0 Å². The van der Waals surface area contributed by atoms with Gasteiger partial charge in [-0.05, 0) is 29.6 Å². The summed E-state index contributed by atoms with van der Waals surface area (Å²) in [6, 6.07) is 21.2. The Kier molecular flexibility index (Phi) is 14.0. The summed E-state index contributed by atoms with van der Waals surface area (Å²) in [6.45, 7) is 7.58. The standard InChI is InChI=1S/C29H44O2Si/c1-3-5-7-8-9-10-11-12-13-21-27-31-32(30-26-20-6-4-2,28-22-16-14-17-23-28)29-24-18-15-19-25-29/h4,14-19,22-25H,2-3,5-13,20-21,26-27H2,1H3. The third kappa shape index (κ3) is 9.44. The molecule has 0 bridgehead atoms. The van der Waals surface area contributed by atoms with E-state index in [2.05, 4.69) is 74.2 Å². The Labute approximate surface area is 198 Å². The van der Waals surface area contributed by atoms with Gasteiger partial charge in [-0.1, -0.05) is 131 Å². The first-order valence-electron chi connectivity index (χ1n) is 12.8. The molecule has 3 heteroatoms. The summed E-state index contributed by atoms with van der Waals surface area (Å²) in [5.74, 6) is 0. The number of unbranched alkanes of at least 4 members (excludes halogenated alkanes) is 10. The van der Waals surface area contributed by atoms with Gasteiger partial charge in [0.2, 0.25) is 0 Å². The van der Waals surface area contributed by atoms with Gasteiger partial charge in [0.1, 0.15) is 0 Å². The summed E-state index contributed by atoms with van der Waals surface area (Å²) >= 11 is 0. The molecule has 2 aromatic rings. The monoisotopic (exact) mass is 452 g/mol. The summed E-state index contributed by atoms with van der Waals surface area (Å²) in [4.78, 5) is 0. The van der Waals surface area contributed by atoms with Crippen molar-refractivity contribution in [2.75, 3.05) is 13.2 Å². The van der Waals surface area contributed by atoms with Gasteiger partial charge >= 0.3 is 8.56 Å². The predicted molar refractivity (Wildman–Crippen MR) is 141 cm³/mol. The highest BCUT2D eigenvalue weighted by atomic mass is 28.4. The van der Waals surface area contributed by atoms with E-state index in [4.69, 9.17) is 8.85 Å². The first-order valence-corrected chi connectivity index (χ1v) is 14.6. The van der Waals surface area contributed by atoms with Crippen LogP contribution in [0.15, 0.2) is 73.3 Å². The fourth-order valence-corrected chi connectivity index (χ4v) is 7.32. The maximum absolute atomic E-state index is 6.74. The Hall–Kier alpha value is -1.68. The average Bonchev–Trinajstić information content (AvgIpc) is 2.85. The van der Waals surface area contributed by atoms with E-state index in [9.17, 15) is 0 Å². The van der Waals surface area contributed by atoms with E-state index < -0.39 is 8.56 Å². The van der Waals surface area contributed by atoms with Gasteiger partial charge in [-0.15, -0.1) is 6.58 Å². The largest absolute Gasteiger partial charge is 0.407 e. The Bertz CT molecular complexity index is 662. The third-order valence-electron chi connectivity index (χ3n) is 5.97. The molecule has 0 saturated heterocycles. The molecule has 2 rings (SSSR count). The lowest BCUT2D eigenvalue weighted by molar-refractivity contribution is 0.186. The lowest BCUT2D eigenvalue weighted by Crippen LogP contribution is -2.63. The van der Waals surface area contributed by atoms with Crippen molar-refractivity contribution >= 4 is 18.9 Å². The number of hydrogen-bond acceptors (Lipinski definition) is 2. The van der Waals surface area contributed by atoms with Gasteiger partial charge in [0, 0.05) is 13.2 Å². The van der Waals surface area contributed by atoms with Crippen molar-refractivity contribution in [1.29, 1.82) is 0 Å². The number of rotatable bonds is 19. The highest BCUT2D eigenvalue weighted by molar-refractivity contribution is 6.92. The van der Waals surface area contributed by atoms with Crippen LogP contribution in [0.5, 0.6) is 0 Å². The number of hydrogen-bond donors (Lipinski definition) is 0. The van der Waals surface area contributed by atoms with Gasteiger partial charge in [-0.25, -0.2) is 0 Å². The van der Waals surface area contributed by atoms with E-state index in [0.717, 1.165) is 25.9 Å². The van der Waals surface area contributed by atoms with Crippen LogP contribution in [0.2, 0.25) is 0 Å². The van der Waals surface area contributed by atoms with Crippen molar-refractivity contribution in [3.63, 3.8) is 0 Å². The molecule has 0 amide bonds. The van der Waals surface area contributed by atoms with Gasteiger partial charge in [0.25, 0.3) is 0 Å². The molecule has 0 N–H and O–H groups in total. The Morgan fingerprint density at radius 1 is 0.625 bits per heavy atom. The zero-order chi connectivity index (χ0) is 22.7. The minimum atomic E-state index is -2.73. The van der Waals surface area contributed by atoms with Crippen molar-refractivity contribution in [3.8, 4) is 0 Å². The zero-order valence-corrected chi connectivity index (χ0v) is 21.3. The molecular formula is C29H44O2Si. The van der Waals surface area contributed by atoms with Gasteiger partial charge in [-0.3, -0.25) is 0 Å². The quantitative estimate of drug-likeness (QED) is 0.128. The van der Waals surface area contributed by atoms with E-state index in [1.165, 1.54) is 68.2 Å². The Morgan fingerprint density at radius 3 is 1.53 bits per heavy atom. The fourth-order valence-electron chi connectivity index (χ4n) is 4.11. The van der Waals surface area contributed by atoms with Crippen LogP contribution < -0.4 is 10.4 Å². The average molecular weight is 453 g/mol. The maximum Gasteiger partial charge on any atom is 0.407 e. The number of benzene rings is 2. The van der Waals surface area contributed by atoms with Crippen molar-refractivity contribution < 1.29 is 8.85 Å². The van der Waals surface area contributed by atoms with Crippen LogP contribution in [0.4, 0.5) is 0 Å². The first kappa shape index (κ1) is 26.6. The molecule has 176 valence electrons. The highest BCUT2D eigenvalue weighted by Gasteiger charge is 2.42. The minimum absolute atomic E-state index is 0.695. The van der Waals surface area contributed by atoms with Crippen LogP contribution in [0, 0.1) is 0 Å². The molecule has 0 spiro atoms. The molecule has 0 saturated carbocycles. The lowest BCUT2D eigenvalue weighted by Gasteiger charge is -2.31. The molecule has 0 aromatic heterocycles. The molecule has 0 aliphatic rings. The number of allylic oxidation sites excluding steroid dienone is 1. The van der Waals surface area contributed by atoms with Crippen LogP contribution >= 0.6 is 0 Å². The Morgan fingerprint density at radius 2 is 1.06 bits per heavy atom. The normalized spacial score (nSPS) is 11.5. The van der Waals surface area contributed by atoms with Crippen LogP contribution in [-0.2, 0) is 8.85 Å². The van der Waals surface area contributed by atoms with Crippen molar-refractivity contribution in [2.24, 2.45) is 0 Å². The van der Waals surface area contributed by atoms with E-state index in [1.807, 2.05) is 6.08 Å². The fraction of sp³-hybridized carbons (Fsp3) is 0.517. The van der Waals surface area contributed by atoms with Gasteiger partial charge in [0.15, 0.2) is 0 Å². The second kappa shape index (κ2) is 16.9. The van der Waals surface area contributed by atoms with Gasteiger partial charge in [0.05, 0.1) is 0 Å². The molecular weight excluding hydrogens is 408 g/mol. The molecule has 0 unspecified atom stereocenters. The van der Waals surface area contributed by atoms with E-state index in [-0.39, 0.29) is 0 Å². The molecule has 32 heavy (non-hydrogen) atoms. The van der Waals surface area contributed by atoms with Gasteiger partial charge in [-0.2, -0.15) is 0 Å². The predicted octanol–water partition coefficient (Wildman–Crippen LogP) is 7.16. The van der Waals surface area contributed by atoms with E-state index in [0.29, 0.717) is 6.61 Å². The Balaban J connectivity index is 1.92. The molecule has 0 radical (unpaired) electrons. The molecule has 0 atom stereocenters. The summed E-state index contributed by atoms with van der Waals surface area (Å²) in [5, 5.41) is 2.38. The minimum Gasteiger partial charge on any atom is -0.388 e. The second-order valence-corrected chi connectivity index (χ2v) is 11.6. The summed E-state index contributed by atoms with van der Waals surface area (Å²) < 4.78 is 13.4. The molecule has 0 aliphatic heterocycles. The molecule has 0 fully saturated rings. The molecule has 0 aliphatic carbocycles. The van der Waals surface area contributed by atoms with Crippen molar-refractivity contribution in [3.05, 3.63) is 73.3 Å². The van der Waals surface area contributed by atoms with Crippen LogP contribution in [0.25, 0.3) is 0 Å². The smallest absolute Gasteiger partial charge is 0.388 e. The molecule has 2 aromatic carbocycles. The summed E-state index contributed by atoms with van der Waals surface area (Å²) in [6.07, 6.45) is 17.2. The summed E-state index contributed by atoms with van der Waals surface area (Å²) in [5.41, 5.74) is 0. The first-order chi connectivity index (χ1) is 15.8. The molecule has 2 nitrogen and oxygen atoms in total. The lowest BCUT2D eigenvalue weighted by atomic mass is 10.1. The maximum atomic E-state index is 6.74.